The normalized spacial score (nSPS) is 11.5. The number of sulfonamides is 1. The van der Waals surface area contributed by atoms with Gasteiger partial charge in [0.1, 0.15) is 0 Å². The van der Waals surface area contributed by atoms with Crippen molar-refractivity contribution in [2.24, 2.45) is 5.14 Å². The zero-order valence-corrected chi connectivity index (χ0v) is 12.4. The van der Waals surface area contributed by atoms with E-state index in [2.05, 4.69) is 21.2 Å². The van der Waals surface area contributed by atoms with Crippen molar-refractivity contribution in [1.82, 2.24) is 5.32 Å². The molecule has 19 heavy (non-hydrogen) atoms. The second-order valence-electron chi connectivity index (χ2n) is 3.93. The van der Waals surface area contributed by atoms with Crippen molar-refractivity contribution in [3.63, 3.8) is 0 Å². The van der Waals surface area contributed by atoms with Crippen molar-refractivity contribution in [3.05, 3.63) is 38.3 Å². The molecule has 0 aromatic heterocycles. The molecule has 0 fully saturated rings. The Kier molecular flexibility index (Phi) is 5.85. The van der Waals surface area contributed by atoms with Crippen molar-refractivity contribution in [1.29, 1.82) is 0 Å². The molecule has 0 saturated carbocycles. The number of nitrogens with two attached hydrogens (primary N) is 1. The molecule has 7 nitrogen and oxygen atoms in total. The monoisotopic (exact) mass is 351 g/mol. The molecule has 0 heterocycles. The maximum absolute atomic E-state index is 10.9. The first-order valence-electron chi connectivity index (χ1n) is 5.43. The van der Waals surface area contributed by atoms with Crippen LogP contribution in [0.3, 0.4) is 0 Å². The van der Waals surface area contributed by atoms with Crippen LogP contribution in [0.15, 0.2) is 22.7 Å². The summed E-state index contributed by atoms with van der Waals surface area (Å²) < 4.78 is 22.0. The van der Waals surface area contributed by atoms with Gasteiger partial charge in [-0.05, 0) is 25.1 Å². The van der Waals surface area contributed by atoms with Gasteiger partial charge in [-0.25, -0.2) is 13.6 Å². The number of hydrogen-bond acceptors (Lipinski definition) is 5. The Labute approximate surface area is 119 Å². The molecule has 106 valence electrons. The molecule has 1 rings (SSSR count). The van der Waals surface area contributed by atoms with Gasteiger partial charge < -0.3 is 5.32 Å². The van der Waals surface area contributed by atoms with Crippen LogP contribution in [-0.2, 0) is 16.6 Å². The van der Waals surface area contributed by atoms with Crippen molar-refractivity contribution < 1.29 is 13.3 Å². The third-order valence-corrected chi connectivity index (χ3v) is 3.69. The minimum Gasteiger partial charge on any atom is -0.312 e. The second-order valence-corrected chi connectivity index (χ2v) is 6.58. The van der Waals surface area contributed by atoms with Gasteiger partial charge in [0, 0.05) is 22.6 Å². The molecule has 1 aromatic rings. The van der Waals surface area contributed by atoms with Gasteiger partial charge in [0.05, 0.1) is 10.7 Å². The van der Waals surface area contributed by atoms with Crippen LogP contribution in [0.1, 0.15) is 12.0 Å². The fourth-order valence-electron chi connectivity index (χ4n) is 1.48. The van der Waals surface area contributed by atoms with Gasteiger partial charge in [0.2, 0.25) is 10.0 Å². The minimum absolute atomic E-state index is 0.0216. The zero-order valence-electron chi connectivity index (χ0n) is 10.0. The fraction of sp³-hybridized carbons (Fsp3) is 0.400. The number of hydrogen-bond donors (Lipinski definition) is 2. The predicted octanol–water partition coefficient (Wildman–Crippen LogP) is 1.13. The topological polar surface area (TPSA) is 115 Å². The van der Waals surface area contributed by atoms with Crippen LogP contribution >= 0.6 is 15.9 Å². The van der Waals surface area contributed by atoms with Crippen LogP contribution in [-0.4, -0.2) is 25.6 Å². The lowest BCUT2D eigenvalue weighted by molar-refractivity contribution is -0.385. The zero-order chi connectivity index (χ0) is 14.5. The number of halogens is 1. The summed E-state index contributed by atoms with van der Waals surface area (Å²) in [7, 11) is -3.45. The summed E-state index contributed by atoms with van der Waals surface area (Å²) in [6, 6.07) is 4.80. The first kappa shape index (κ1) is 16.0. The molecule has 0 atom stereocenters. The van der Waals surface area contributed by atoms with E-state index in [1.165, 1.54) is 6.07 Å². The van der Waals surface area contributed by atoms with Crippen molar-refractivity contribution in [2.45, 2.75) is 13.0 Å². The van der Waals surface area contributed by atoms with Gasteiger partial charge in [0.25, 0.3) is 5.69 Å². The summed E-state index contributed by atoms with van der Waals surface area (Å²) in [6.45, 7) is 0.720. The number of rotatable bonds is 7. The molecule has 0 bridgehead atoms. The average molecular weight is 352 g/mol. The Morgan fingerprint density at radius 2 is 2.11 bits per heavy atom. The Balaban J connectivity index is 2.52. The molecular formula is C10H14BrN3O4S. The van der Waals surface area contributed by atoms with E-state index >= 15 is 0 Å². The first-order chi connectivity index (χ1) is 8.79. The van der Waals surface area contributed by atoms with E-state index in [0.717, 1.165) is 0 Å². The molecule has 0 unspecified atom stereocenters. The van der Waals surface area contributed by atoms with Crippen molar-refractivity contribution in [3.8, 4) is 0 Å². The molecule has 0 aliphatic heterocycles. The highest BCUT2D eigenvalue weighted by molar-refractivity contribution is 9.10. The molecule has 1 aromatic carbocycles. The van der Waals surface area contributed by atoms with Gasteiger partial charge >= 0.3 is 0 Å². The van der Waals surface area contributed by atoms with Crippen LogP contribution in [0.25, 0.3) is 0 Å². The van der Waals surface area contributed by atoms with E-state index in [4.69, 9.17) is 5.14 Å². The number of nitro benzene ring substituents is 1. The quantitative estimate of drug-likeness (QED) is 0.434. The van der Waals surface area contributed by atoms with Crippen LogP contribution < -0.4 is 10.5 Å². The first-order valence-corrected chi connectivity index (χ1v) is 7.94. The molecular weight excluding hydrogens is 338 g/mol. The summed E-state index contributed by atoms with van der Waals surface area (Å²) in [4.78, 5) is 10.4. The second kappa shape index (κ2) is 6.94. The van der Waals surface area contributed by atoms with E-state index in [1.807, 2.05) is 0 Å². The Bertz CT molecular complexity index is 562. The predicted molar refractivity (Wildman–Crippen MR) is 75.1 cm³/mol. The highest BCUT2D eigenvalue weighted by Crippen LogP contribution is 2.23. The Morgan fingerprint density at radius 1 is 1.42 bits per heavy atom. The number of nitrogens with zero attached hydrogens (tertiary/aromatic N) is 1. The summed E-state index contributed by atoms with van der Waals surface area (Å²) in [5.74, 6) is -0.109. The lowest BCUT2D eigenvalue weighted by Gasteiger charge is -2.05. The summed E-state index contributed by atoms with van der Waals surface area (Å²) in [6.07, 6.45) is 0.364. The number of benzene rings is 1. The van der Waals surface area contributed by atoms with E-state index in [9.17, 15) is 18.5 Å². The highest BCUT2D eigenvalue weighted by Gasteiger charge is 2.13. The summed E-state index contributed by atoms with van der Waals surface area (Å²) >= 11 is 3.17. The van der Waals surface area contributed by atoms with E-state index in [-0.39, 0.29) is 11.4 Å². The maximum atomic E-state index is 10.9. The van der Waals surface area contributed by atoms with Gasteiger partial charge in [-0.2, -0.15) is 0 Å². The standard InChI is InChI=1S/C10H14BrN3O4S/c11-9-3-2-8(10(6-9)14(15)16)7-13-4-1-5-19(12,17)18/h2-3,6,13H,1,4-5,7H2,(H2,12,17,18). The lowest BCUT2D eigenvalue weighted by atomic mass is 10.2. The van der Waals surface area contributed by atoms with Crippen LogP contribution in [0, 0.1) is 10.1 Å². The molecule has 0 aliphatic rings. The average Bonchev–Trinajstić information content (AvgIpc) is 2.28. The third-order valence-electron chi connectivity index (χ3n) is 2.34. The van der Waals surface area contributed by atoms with Gasteiger partial charge in [-0.3, -0.25) is 10.1 Å². The number of nitro groups is 1. The number of primary sulfonamides is 1. The van der Waals surface area contributed by atoms with E-state index in [1.54, 1.807) is 12.1 Å². The summed E-state index contributed by atoms with van der Waals surface area (Å²) in [5, 5.41) is 18.7. The van der Waals surface area contributed by atoms with Gasteiger partial charge in [-0.15, -0.1) is 0 Å². The van der Waals surface area contributed by atoms with Crippen molar-refractivity contribution >= 4 is 31.6 Å². The lowest BCUT2D eigenvalue weighted by Crippen LogP contribution is -2.22. The molecule has 0 spiro atoms. The molecule has 3 N–H and O–H groups in total. The SMILES string of the molecule is NS(=O)(=O)CCCNCc1ccc(Br)cc1[N+](=O)[O-]. The Morgan fingerprint density at radius 3 is 2.68 bits per heavy atom. The summed E-state index contributed by atoms with van der Waals surface area (Å²) in [5.41, 5.74) is 0.567. The van der Waals surface area contributed by atoms with Crippen LogP contribution in [0.2, 0.25) is 0 Å². The van der Waals surface area contributed by atoms with Crippen LogP contribution in [0.5, 0.6) is 0 Å². The van der Waals surface area contributed by atoms with E-state index < -0.39 is 14.9 Å². The molecule has 0 saturated heterocycles. The van der Waals surface area contributed by atoms with Gasteiger partial charge in [-0.1, -0.05) is 15.9 Å². The molecule has 0 aliphatic carbocycles. The largest absolute Gasteiger partial charge is 0.312 e. The molecule has 0 radical (unpaired) electrons. The minimum atomic E-state index is -3.45. The highest BCUT2D eigenvalue weighted by atomic mass is 79.9. The fourth-order valence-corrected chi connectivity index (χ4v) is 2.37. The van der Waals surface area contributed by atoms with E-state index in [0.29, 0.717) is 29.5 Å². The number of nitrogens with one attached hydrogen (secondary N) is 1. The Hall–Kier alpha value is -1.03. The smallest absolute Gasteiger partial charge is 0.275 e. The molecule has 0 amide bonds. The van der Waals surface area contributed by atoms with Gasteiger partial charge in [0.15, 0.2) is 0 Å². The molecule has 9 heteroatoms. The third kappa shape index (κ3) is 6.10. The van der Waals surface area contributed by atoms with Crippen molar-refractivity contribution in [2.75, 3.05) is 12.3 Å². The van der Waals surface area contributed by atoms with Crippen LogP contribution in [0.4, 0.5) is 5.69 Å². The maximum Gasteiger partial charge on any atom is 0.275 e.